The van der Waals surface area contributed by atoms with Gasteiger partial charge in [-0.25, -0.2) is 0 Å². The number of hydrogen-bond donors (Lipinski definition) is 0. The summed E-state index contributed by atoms with van der Waals surface area (Å²) in [7, 11) is 1.81. The van der Waals surface area contributed by atoms with Crippen molar-refractivity contribution in [3.05, 3.63) is 46.5 Å². The molecule has 0 bridgehead atoms. The molecule has 1 aliphatic heterocycles. The molecule has 1 amide bonds. The van der Waals surface area contributed by atoms with Crippen LogP contribution in [0.15, 0.2) is 24.5 Å². The molecule has 3 heterocycles. The van der Waals surface area contributed by atoms with E-state index in [1.165, 1.54) is 0 Å². The highest BCUT2D eigenvalue weighted by atomic mass is 35.5. The first-order chi connectivity index (χ1) is 10.1. The van der Waals surface area contributed by atoms with Crippen LogP contribution in [-0.4, -0.2) is 31.3 Å². The van der Waals surface area contributed by atoms with Gasteiger partial charge in [0.05, 0.1) is 11.4 Å². The van der Waals surface area contributed by atoms with Gasteiger partial charge >= 0.3 is 0 Å². The Hall–Kier alpha value is -1.53. The zero-order chi connectivity index (χ0) is 15.0. The molecule has 1 unspecified atom stereocenters. The largest absolute Gasteiger partial charge is 0.321 e. The Balaban J connectivity index is 1.92. The maximum atomic E-state index is 12.2. The van der Waals surface area contributed by atoms with Crippen molar-refractivity contribution in [2.24, 2.45) is 7.05 Å². The van der Waals surface area contributed by atoms with E-state index in [-0.39, 0.29) is 11.3 Å². The lowest BCUT2D eigenvalue weighted by molar-refractivity contribution is -0.128. The highest BCUT2D eigenvalue weighted by Gasteiger charge is 2.36. The predicted octanol–water partition coefficient (Wildman–Crippen LogP) is 2.55. The van der Waals surface area contributed by atoms with E-state index in [2.05, 4.69) is 10.1 Å². The third-order valence-electron chi connectivity index (χ3n) is 3.49. The van der Waals surface area contributed by atoms with Gasteiger partial charge in [0.15, 0.2) is 0 Å². The van der Waals surface area contributed by atoms with Gasteiger partial charge in [0.1, 0.15) is 10.5 Å². The van der Waals surface area contributed by atoms with Gasteiger partial charge < -0.3 is 4.90 Å². The van der Waals surface area contributed by atoms with Crippen molar-refractivity contribution in [1.82, 2.24) is 19.7 Å². The van der Waals surface area contributed by atoms with Crippen LogP contribution in [0.2, 0.25) is 5.15 Å². The summed E-state index contributed by atoms with van der Waals surface area (Å²) >= 11 is 7.94. The van der Waals surface area contributed by atoms with Gasteiger partial charge in [-0.2, -0.15) is 5.10 Å². The van der Waals surface area contributed by atoms with Crippen molar-refractivity contribution in [3.8, 4) is 0 Å². The van der Waals surface area contributed by atoms with Gasteiger partial charge in [-0.1, -0.05) is 17.7 Å². The Kier molecular flexibility index (Phi) is 3.91. The van der Waals surface area contributed by atoms with E-state index in [9.17, 15) is 4.79 Å². The zero-order valence-corrected chi connectivity index (χ0v) is 13.4. The molecule has 1 aliphatic rings. The van der Waals surface area contributed by atoms with Gasteiger partial charge in [0, 0.05) is 31.5 Å². The van der Waals surface area contributed by atoms with Gasteiger partial charge in [-0.15, -0.1) is 11.8 Å². The second-order valence-corrected chi connectivity index (χ2v) is 6.39. The number of thioether (sulfide) groups is 1. The fourth-order valence-corrected chi connectivity index (χ4v) is 4.11. The zero-order valence-electron chi connectivity index (χ0n) is 11.8. The van der Waals surface area contributed by atoms with E-state index < -0.39 is 0 Å². The van der Waals surface area contributed by atoms with Crippen LogP contribution in [-0.2, 0) is 18.4 Å². The third-order valence-corrected chi connectivity index (χ3v) is 5.15. The second kappa shape index (κ2) is 5.69. The molecule has 2 aromatic heterocycles. The van der Waals surface area contributed by atoms with Gasteiger partial charge in [0.25, 0.3) is 0 Å². The number of pyridine rings is 1. The molecule has 0 aromatic carbocycles. The van der Waals surface area contributed by atoms with Gasteiger partial charge in [-0.05, 0) is 18.6 Å². The molecule has 0 N–H and O–H groups in total. The number of aromatic nitrogens is 3. The highest BCUT2D eigenvalue weighted by Crippen LogP contribution is 2.43. The summed E-state index contributed by atoms with van der Waals surface area (Å²) < 4.78 is 1.65. The van der Waals surface area contributed by atoms with Crippen molar-refractivity contribution < 1.29 is 4.79 Å². The van der Waals surface area contributed by atoms with E-state index in [1.54, 1.807) is 28.8 Å². The molecule has 3 rings (SSSR count). The Morgan fingerprint density at radius 3 is 2.95 bits per heavy atom. The summed E-state index contributed by atoms with van der Waals surface area (Å²) in [4.78, 5) is 18.2. The average molecular weight is 323 g/mol. The molecular formula is C14H15ClN4OS. The Morgan fingerprint density at radius 1 is 1.52 bits per heavy atom. The van der Waals surface area contributed by atoms with Crippen LogP contribution in [0.3, 0.4) is 0 Å². The van der Waals surface area contributed by atoms with E-state index in [0.717, 1.165) is 16.8 Å². The number of carbonyl (C=O) groups excluding carboxylic acids is 1. The van der Waals surface area contributed by atoms with Crippen LogP contribution < -0.4 is 0 Å². The number of aryl methyl sites for hydroxylation is 2. The molecule has 0 radical (unpaired) electrons. The summed E-state index contributed by atoms with van der Waals surface area (Å²) in [6.07, 6.45) is 3.51. The summed E-state index contributed by atoms with van der Waals surface area (Å²) in [5.74, 6) is 0.587. The van der Waals surface area contributed by atoms with Crippen LogP contribution in [0.4, 0.5) is 0 Å². The molecule has 110 valence electrons. The van der Waals surface area contributed by atoms with E-state index in [0.29, 0.717) is 17.5 Å². The van der Waals surface area contributed by atoms with E-state index >= 15 is 0 Å². The van der Waals surface area contributed by atoms with Crippen LogP contribution in [0.1, 0.15) is 22.2 Å². The Morgan fingerprint density at radius 2 is 2.33 bits per heavy atom. The van der Waals surface area contributed by atoms with E-state index in [1.807, 2.05) is 31.0 Å². The molecule has 7 heteroatoms. The number of hydrogen-bond acceptors (Lipinski definition) is 4. The minimum Gasteiger partial charge on any atom is -0.321 e. The predicted molar refractivity (Wildman–Crippen MR) is 82.9 cm³/mol. The minimum atomic E-state index is -0.0843. The SMILES string of the molecule is Cc1nn(C)c(Cl)c1C1SCC(=O)N1Cc1cccnc1. The van der Waals surface area contributed by atoms with Crippen LogP contribution >= 0.6 is 23.4 Å². The quantitative estimate of drug-likeness (QED) is 0.871. The summed E-state index contributed by atoms with van der Waals surface area (Å²) in [5, 5.41) is 4.85. The first-order valence-electron chi connectivity index (χ1n) is 6.57. The molecule has 1 saturated heterocycles. The lowest BCUT2D eigenvalue weighted by atomic mass is 10.2. The molecule has 1 atom stereocenters. The normalized spacial score (nSPS) is 18.5. The molecule has 1 fully saturated rings. The summed E-state index contributed by atoms with van der Waals surface area (Å²) in [5.41, 5.74) is 2.81. The fraction of sp³-hybridized carbons (Fsp3) is 0.357. The Bertz CT molecular complexity index is 673. The first kappa shape index (κ1) is 14.4. The molecule has 0 aliphatic carbocycles. The average Bonchev–Trinajstić information content (AvgIpc) is 2.93. The first-order valence-corrected chi connectivity index (χ1v) is 7.99. The maximum absolute atomic E-state index is 12.2. The van der Waals surface area contributed by atoms with E-state index in [4.69, 9.17) is 11.6 Å². The third kappa shape index (κ3) is 2.65. The van der Waals surface area contributed by atoms with Crippen molar-refractivity contribution in [3.63, 3.8) is 0 Å². The summed E-state index contributed by atoms with van der Waals surface area (Å²) in [6, 6.07) is 3.85. The minimum absolute atomic E-state index is 0.0843. The van der Waals surface area contributed by atoms with Crippen molar-refractivity contribution in [1.29, 1.82) is 0 Å². The number of nitrogens with zero attached hydrogens (tertiary/aromatic N) is 4. The lowest BCUT2D eigenvalue weighted by Crippen LogP contribution is -2.28. The van der Waals surface area contributed by atoms with Crippen LogP contribution in [0.5, 0.6) is 0 Å². The standard InChI is InChI=1S/C14H15ClN4OS/c1-9-12(13(15)18(2)17-9)14-19(11(20)8-21-14)7-10-4-3-5-16-6-10/h3-6,14H,7-8H2,1-2H3. The number of rotatable bonds is 3. The van der Waals surface area contributed by atoms with Gasteiger partial charge in [0.2, 0.25) is 5.91 Å². The van der Waals surface area contributed by atoms with Crippen LogP contribution in [0, 0.1) is 6.92 Å². The lowest BCUT2D eigenvalue weighted by Gasteiger charge is -2.24. The molecule has 5 nitrogen and oxygen atoms in total. The number of amides is 1. The topological polar surface area (TPSA) is 51.0 Å². The second-order valence-electron chi connectivity index (χ2n) is 4.96. The highest BCUT2D eigenvalue weighted by molar-refractivity contribution is 8.00. The van der Waals surface area contributed by atoms with Crippen molar-refractivity contribution in [2.75, 3.05) is 5.75 Å². The fourth-order valence-electron chi connectivity index (χ4n) is 2.48. The number of carbonyl (C=O) groups is 1. The smallest absolute Gasteiger partial charge is 0.234 e. The summed E-state index contributed by atoms with van der Waals surface area (Å²) in [6.45, 7) is 2.46. The van der Waals surface area contributed by atoms with Crippen LogP contribution in [0.25, 0.3) is 0 Å². The molecule has 0 saturated carbocycles. The molecule has 0 spiro atoms. The Labute approximate surface area is 132 Å². The number of halogens is 1. The molecular weight excluding hydrogens is 308 g/mol. The van der Waals surface area contributed by atoms with Crippen molar-refractivity contribution in [2.45, 2.75) is 18.8 Å². The maximum Gasteiger partial charge on any atom is 0.234 e. The molecule has 2 aromatic rings. The monoisotopic (exact) mass is 322 g/mol. The van der Waals surface area contributed by atoms with Gasteiger partial charge in [-0.3, -0.25) is 14.5 Å². The van der Waals surface area contributed by atoms with Crippen molar-refractivity contribution >= 4 is 29.3 Å². The molecule has 21 heavy (non-hydrogen) atoms.